The standard InChI is InChI=1S/C14H8BrNO3S/c15-7-8-5-6-10(16(18)19)12-13(17)9-3-1-2-4-11(9)20-14(8)12/h1-6H,7H2. The van der Waals surface area contributed by atoms with Crippen molar-refractivity contribution in [3.05, 3.63) is 62.3 Å². The number of hydrogen-bond acceptors (Lipinski definition) is 4. The van der Waals surface area contributed by atoms with Gasteiger partial charge in [-0.25, -0.2) is 0 Å². The molecule has 0 unspecified atom stereocenters. The highest BCUT2D eigenvalue weighted by Crippen LogP contribution is 2.33. The molecule has 1 aromatic heterocycles. The van der Waals surface area contributed by atoms with Crippen LogP contribution in [0, 0.1) is 10.1 Å². The summed E-state index contributed by atoms with van der Waals surface area (Å²) >= 11 is 4.78. The molecule has 0 saturated carbocycles. The van der Waals surface area contributed by atoms with Crippen LogP contribution in [-0.2, 0) is 5.33 Å². The number of benzene rings is 2. The van der Waals surface area contributed by atoms with E-state index in [0.717, 1.165) is 10.3 Å². The summed E-state index contributed by atoms with van der Waals surface area (Å²) in [7, 11) is 0. The van der Waals surface area contributed by atoms with E-state index in [-0.39, 0.29) is 16.5 Å². The van der Waals surface area contributed by atoms with Gasteiger partial charge in [0, 0.05) is 26.2 Å². The second kappa shape index (κ2) is 4.96. The number of nitro benzene ring substituents is 1. The minimum Gasteiger partial charge on any atom is -0.288 e. The predicted molar refractivity (Wildman–Crippen MR) is 84.9 cm³/mol. The average molecular weight is 350 g/mol. The Labute approximate surface area is 125 Å². The van der Waals surface area contributed by atoms with Gasteiger partial charge in [0.1, 0.15) is 5.39 Å². The molecule has 0 spiro atoms. The van der Waals surface area contributed by atoms with Crippen molar-refractivity contribution in [2.45, 2.75) is 5.33 Å². The lowest BCUT2D eigenvalue weighted by atomic mass is 10.1. The van der Waals surface area contributed by atoms with Gasteiger partial charge in [0.15, 0.2) is 0 Å². The Hall–Kier alpha value is -1.79. The molecule has 0 saturated heterocycles. The Morgan fingerprint density at radius 1 is 1.20 bits per heavy atom. The molecule has 0 atom stereocenters. The average Bonchev–Trinajstić information content (AvgIpc) is 2.46. The molecular formula is C14H8BrNO3S. The van der Waals surface area contributed by atoms with Gasteiger partial charge in [0.2, 0.25) is 5.43 Å². The zero-order chi connectivity index (χ0) is 14.3. The number of rotatable bonds is 2. The molecule has 0 fully saturated rings. The third-order valence-corrected chi connectivity index (χ3v) is 4.98. The van der Waals surface area contributed by atoms with Gasteiger partial charge in [-0.3, -0.25) is 14.9 Å². The Morgan fingerprint density at radius 3 is 2.65 bits per heavy atom. The van der Waals surface area contributed by atoms with Gasteiger partial charge in [-0.2, -0.15) is 0 Å². The molecule has 4 nitrogen and oxygen atoms in total. The lowest BCUT2D eigenvalue weighted by Crippen LogP contribution is -2.05. The molecule has 20 heavy (non-hydrogen) atoms. The van der Waals surface area contributed by atoms with Crippen molar-refractivity contribution in [1.82, 2.24) is 0 Å². The van der Waals surface area contributed by atoms with Crippen molar-refractivity contribution in [2.24, 2.45) is 0 Å². The van der Waals surface area contributed by atoms with Crippen LogP contribution >= 0.6 is 27.3 Å². The lowest BCUT2D eigenvalue weighted by molar-refractivity contribution is -0.383. The molecule has 2 aromatic carbocycles. The Bertz CT molecular complexity index is 904. The fourth-order valence-corrected chi connectivity index (χ4v) is 4.06. The number of nitro groups is 1. The largest absolute Gasteiger partial charge is 0.288 e. The summed E-state index contributed by atoms with van der Waals surface area (Å²) in [6.07, 6.45) is 0. The molecule has 0 radical (unpaired) electrons. The monoisotopic (exact) mass is 349 g/mol. The Balaban J connectivity index is 2.62. The number of non-ortho nitro benzene ring substituents is 1. The first-order chi connectivity index (χ1) is 9.63. The van der Waals surface area contributed by atoms with Gasteiger partial charge >= 0.3 is 0 Å². The molecule has 0 aliphatic heterocycles. The molecular weight excluding hydrogens is 342 g/mol. The highest BCUT2D eigenvalue weighted by atomic mass is 79.9. The first-order valence-corrected chi connectivity index (χ1v) is 7.75. The van der Waals surface area contributed by atoms with Crippen LogP contribution in [0.3, 0.4) is 0 Å². The topological polar surface area (TPSA) is 60.2 Å². The maximum Gasteiger partial charge on any atom is 0.282 e. The van der Waals surface area contributed by atoms with Crippen LogP contribution in [0.2, 0.25) is 0 Å². The summed E-state index contributed by atoms with van der Waals surface area (Å²) in [5.74, 6) is 0. The lowest BCUT2D eigenvalue weighted by Gasteiger charge is -2.05. The minimum absolute atomic E-state index is 0.128. The summed E-state index contributed by atoms with van der Waals surface area (Å²) in [5.41, 5.74) is 0.485. The molecule has 0 amide bonds. The van der Waals surface area contributed by atoms with Crippen LogP contribution < -0.4 is 5.43 Å². The smallest absolute Gasteiger partial charge is 0.282 e. The quantitative estimate of drug-likeness (QED) is 0.301. The fourth-order valence-electron chi connectivity index (χ4n) is 2.20. The van der Waals surface area contributed by atoms with Crippen molar-refractivity contribution in [3.63, 3.8) is 0 Å². The van der Waals surface area contributed by atoms with Crippen LogP contribution in [0.1, 0.15) is 5.56 Å². The third-order valence-electron chi connectivity index (χ3n) is 3.13. The minimum atomic E-state index is -0.497. The molecule has 0 aliphatic carbocycles. The fraction of sp³-hybridized carbons (Fsp3) is 0.0714. The second-order valence-corrected chi connectivity index (χ2v) is 5.88. The first kappa shape index (κ1) is 13.2. The molecule has 3 aromatic rings. The SMILES string of the molecule is O=c1c2ccccc2sc2c(CBr)ccc([N+](=O)[O-])c12. The van der Waals surface area contributed by atoms with E-state index in [1.165, 1.54) is 17.4 Å². The van der Waals surface area contributed by atoms with Crippen molar-refractivity contribution in [1.29, 1.82) is 0 Å². The highest BCUT2D eigenvalue weighted by molar-refractivity contribution is 9.08. The van der Waals surface area contributed by atoms with Crippen LogP contribution in [0.4, 0.5) is 5.69 Å². The zero-order valence-corrected chi connectivity index (χ0v) is 12.5. The summed E-state index contributed by atoms with van der Waals surface area (Å²) in [4.78, 5) is 23.2. The molecule has 0 bridgehead atoms. The normalized spacial score (nSPS) is 11.1. The van der Waals surface area contributed by atoms with E-state index in [1.807, 2.05) is 12.1 Å². The van der Waals surface area contributed by atoms with Crippen molar-refractivity contribution in [3.8, 4) is 0 Å². The van der Waals surface area contributed by atoms with Gasteiger partial charge in [0.05, 0.1) is 4.92 Å². The summed E-state index contributed by atoms with van der Waals surface area (Å²) in [5, 5.41) is 12.4. The number of halogens is 1. The first-order valence-electron chi connectivity index (χ1n) is 5.81. The second-order valence-electron chi connectivity index (χ2n) is 4.27. The van der Waals surface area contributed by atoms with Gasteiger partial charge in [-0.1, -0.05) is 28.1 Å². The Kier molecular flexibility index (Phi) is 3.27. The van der Waals surface area contributed by atoms with Crippen LogP contribution in [0.25, 0.3) is 20.2 Å². The number of hydrogen-bond donors (Lipinski definition) is 0. The molecule has 3 rings (SSSR count). The van der Waals surface area contributed by atoms with E-state index in [0.29, 0.717) is 15.4 Å². The maximum atomic E-state index is 12.6. The van der Waals surface area contributed by atoms with E-state index in [4.69, 9.17) is 0 Å². The van der Waals surface area contributed by atoms with Crippen LogP contribution in [0.5, 0.6) is 0 Å². The zero-order valence-electron chi connectivity index (χ0n) is 10.1. The maximum absolute atomic E-state index is 12.6. The van der Waals surface area contributed by atoms with Crippen molar-refractivity contribution < 1.29 is 4.92 Å². The molecule has 6 heteroatoms. The number of nitrogens with zero attached hydrogens (tertiary/aromatic N) is 1. The van der Waals surface area contributed by atoms with Gasteiger partial charge in [0.25, 0.3) is 5.69 Å². The van der Waals surface area contributed by atoms with Gasteiger partial charge < -0.3 is 0 Å². The summed E-state index contributed by atoms with van der Waals surface area (Å²) < 4.78 is 1.52. The van der Waals surface area contributed by atoms with E-state index < -0.39 is 4.92 Å². The number of alkyl halides is 1. The Morgan fingerprint density at radius 2 is 1.95 bits per heavy atom. The van der Waals surface area contributed by atoms with E-state index >= 15 is 0 Å². The molecule has 100 valence electrons. The van der Waals surface area contributed by atoms with E-state index in [9.17, 15) is 14.9 Å². The van der Waals surface area contributed by atoms with Crippen LogP contribution in [0.15, 0.2) is 41.2 Å². The van der Waals surface area contributed by atoms with E-state index in [1.54, 1.807) is 18.2 Å². The summed E-state index contributed by atoms with van der Waals surface area (Å²) in [6.45, 7) is 0. The molecule has 0 aliphatic rings. The third kappa shape index (κ3) is 1.92. The van der Waals surface area contributed by atoms with E-state index in [2.05, 4.69) is 15.9 Å². The summed E-state index contributed by atoms with van der Waals surface area (Å²) in [6, 6.07) is 10.3. The van der Waals surface area contributed by atoms with Crippen molar-refractivity contribution >= 4 is 53.1 Å². The van der Waals surface area contributed by atoms with Gasteiger partial charge in [-0.15, -0.1) is 11.3 Å². The molecule has 0 N–H and O–H groups in total. The van der Waals surface area contributed by atoms with Crippen LogP contribution in [-0.4, -0.2) is 4.92 Å². The number of fused-ring (bicyclic) bond motifs is 2. The van der Waals surface area contributed by atoms with Gasteiger partial charge in [-0.05, 0) is 23.8 Å². The predicted octanol–water partition coefficient (Wildman–Crippen LogP) is 4.22. The highest BCUT2D eigenvalue weighted by Gasteiger charge is 2.19. The molecule has 1 heterocycles. The van der Waals surface area contributed by atoms with Crippen molar-refractivity contribution in [2.75, 3.05) is 0 Å².